The Kier molecular flexibility index (Phi) is 2.48. The Morgan fingerprint density at radius 2 is 2.00 bits per heavy atom. The van der Waals surface area contributed by atoms with Crippen molar-refractivity contribution < 1.29 is 5.11 Å². The second-order valence-corrected chi connectivity index (χ2v) is 4.59. The SMILES string of the molecule is NC1CC(O)(c2cccc(Cl)c2Cl)C1. The topological polar surface area (TPSA) is 46.2 Å². The molecular formula is C10H11Cl2NO. The maximum atomic E-state index is 10.1. The Balaban J connectivity index is 2.37. The molecule has 0 atom stereocenters. The number of hydrogen-bond acceptors (Lipinski definition) is 2. The van der Waals surface area contributed by atoms with Crippen molar-refractivity contribution in [3.8, 4) is 0 Å². The van der Waals surface area contributed by atoms with Crippen LogP contribution in [0.25, 0.3) is 0 Å². The van der Waals surface area contributed by atoms with Gasteiger partial charge in [-0.3, -0.25) is 0 Å². The predicted octanol–water partition coefficient (Wildman–Crippen LogP) is 2.30. The summed E-state index contributed by atoms with van der Waals surface area (Å²) in [6.07, 6.45) is 1.10. The van der Waals surface area contributed by atoms with Crippen LogP contribution in [0, 0.1) is 0 Å². The number of benzene rings is 1. The second kappa shape index (κ2) is 3.38. The highest BCUT2D eigenvalue weighted by molar-refractivity contribution is 6.42. The molecule has 0 saturated heterocycles. The summed E-state index contributed by atoms with van der Waals surface area (Å²) in [5, 5.41) is 11.0. The van der Waals surface area contributed by atoms with E-state index in [1.807, 2.05) is 0 Å². The maximum Gasteiger partial charge on any atom is 0.0940 e. The minimum atomic E-state index is -0.874. The van der Waals surface area contributed by atoms with Gasteiger partial charge in [0.1, 0.15) is 0 Å². The van der Waals surface area contributed by atoms with E-state index in [9.17, 15) is 5.11 Å². The summed E-state index contributed by atoms with van der Waals surface area (Å²) in [6.45, 7) is 0. The van der Waals surface area contributed by atoms with Gasteiger partial charge in [-0.1, -0.05) is 35.3 Å². The number of aliphatic hydroxyl groups is 1. The summed E-state index contributed by atoms with van der Waals surface area (Å²) >= 11 is 11.9. The van der Waals surface area contributed by atoms with E-state index in [1.165, 1.54) is 0 Å². The molecule has 1 aromatic carbocycles. The molecule has 0 bridgehead atoms. The molecule has 1 aromatic rings. The molecule has 2 nitrogen and oxygen atoms in total. The Bertz CT molecular complexity index is 361. The zero-order valence-electron chi connectivity index (χ0n) is 7.50. The van der Waals surface area contributed by atoms with Crippen LogP contribution in [0.15, 0.2) is 18.2 Å². The number of rotatable bonds is 1. The first-order valence-corrected chi connectivity index (χ1v) is 5.21. The molecule has 0 spiro atoms. The van der Waals surface area contributed by atoms with Crippen molar-refractivity contribution >= 4 is 23.2 Å². The van der Waals surface area contributed by atoms with Gasteiger partial charge in [0.25, 0.3) is 0 Å². The molecule has 14 heavy (non-hydrogen) atoms. The van der Waals surface area contributed by atoms with E-state index in [2.05, 4.69) is 0 Å². The molecular weight excluding hydrogens is 221 g/mol. The lowest BCUT2D eigenvalue weighted by Crippen LogP contribution is -2.49. The molecule has 0 heterocycles. The van der Waals surface area contributed by atoms with E-state index in [-0.39, 0.29) is 6.04 Å². The molecule has 4 heteroatoms. The predicted molar refractivity (Wildman–Crippen MR) is 57.6 cm³/mol. The molecule has 0 aromatic heterocycles. The Morgan fingerprint density at radius 3 is 2.57 bits per heavy atom. The van der Waals surface area contributed by atoms with Crippen molar-refractivity contribution in [2.75, 3.05) is 0 Å². The van der Waals surface area contributed by atoms with Crippen LogP contribution < -0.4 is 5.73 Å². The molecule has 1 aliphatic rings. The lowest BCUT2D eigenvalue weighted by Gasteiger charge is -2.42. The fourth-order valence-electron chi connectivity index (χ4n) is 1.89. The Morgan fingerprint density at radius 1 is 1.36 bits per heavy atom. The van der Waals surface area contributed by atoms with Crippen molar-refractivity contribution in [1.29, 1.82) is 0 Å². The first kappa shape index (κ1) is 10.2. The zero-order chi connectivity index (χ0) is 10.3. The quantitative estimate of drug-likeness (QED) is 0.780. The van der Waals surface area contributed by atoms with Gasteiger partial charge in [-0.15, -0.1) is 0 Å². The van der Waals surface area contributed by atoms with Gasteiger partial charge >= 0.3 is 0 Å². The summed E-state index contributed by atoms with van der Waals surface area (Å²) in [7, 11) is 0. The summed E-state index contributed by atoms with van der Waals surface area (Å²) in [6, 6.07) is 5.34. The summed E-state index contributed by atoms with van der Waals surface area (Å²) in [4.78, 5) is 0. The van der Waals surface area contributed by atoms with Gasteiger partial charge in [0.15, 0.2) is 0 Å². The summed E-state index contributed by atoms with van der Waals surface area (Å²) in [5.74, 6) is 0. The van der Waals surface area contributed by atoms with Crippen LogP contribution in [0.2, 0.25) is 10.0 Å². The van der Waals surface area contributed by atoms with Crippen molar-refractivity contribution in [2.24, 2.45) is 5.73 Å². The lowest BCUT2D eigenvalue weighted by atomic mass is 9.72. The highest BCUT2D eigenvalue weighted by Crippen LogP contribution is 2.44. The van der Waals surface area contributed by atoms with Crippen molar-refractivity contribution in [1.82, 2.24) is 0 Å². The lowest BCUT2D eigenvalue weighted by molar-refractivity contribution is -0.0521. The molecule has 0 aliphatic heterocycles. The molecule has 0 radical (unpaired) electrons. The van der Waals surface area contributed by atoms with E-state index >= 15 is 0 Å². The van der Waals surface area contributed by atoms with E-state index in [0.717, 1.165) is 0 Å². The molecule has 0 amide bonds. The van der Waals surface area contributed by atoms with Crippen molar-refractivity contribution in [3.05, 3.63) is 33.8 Å². The van der Waals surface area contributed by atoms with Crippen LogP contribution >= 0.6 is 23.2 Å². The van der Waals surface area contributed by atoms with Gasteiger partial charge in [-0.05, 0) is 18.9 Å². The number of halogens is 2. The molecule has 1 fully saturated rings. The van der Waals surface area contributed by atoms with Crippen LogP contribution in [-0.2, 0) is 5.60 Å². The third-order valence-electron chi connectivity index (χ3n) is 2.65. The monoisotopic (exact) mass is 231 g/mol. The zero-order valence-corrected chi connectivity index (χ0v) is 9.02. The first-order valence-electron chi connectivity index (χ1n) is 4.45. The summed E-state index contributed by atoms with van der Waals surface area (Å²) < 4.78 is 0. The Labute approximate surface area is 92.6 Å². The van der Waals surface area contributed by atoms with Gasteiger partial charge in [-0.25, -0.2) is 0 Å². The maximum absolute atomic E-state index is 10.1. The van der Waals surface area contributed by atoms with Gasteiger partial charge in [-0.2, -0.15) is 0 Å². The van der Waals surface area contributed by atoms with Gasteiger partial charge in [0.2, 0.25) is 0 Å². The number of nitrogens with two attached hydrogens (primary N) is 1. The van der Waals surface area contributed by atoms with Gasteiger partial charge in [0, 0.05) is 11.6 Å². The standard InChI is InChI=1S/C10H11Cl2NO/c11-8-3-1-2-7(9(8)12)10(14)4-6(13)5-10/h1-3,6,14H,4-5,13H2. The largest absolute Gasteiger partial charge is 0.385 e. The van der Waals surface area contributed by atoms with Gasteiger partial charge < -0.3 is 10.8 Å². The average molecular weight is 232 g/mol. The summed E-state index contributed by atoms with van der Waals surface area (Å²) in [5.41, 5.74) is 5.46. The van der Waals surface area contributed by atoms with Crippen LogP contribution in [0.3, 0.4) is 0 Å². The van der Waals surface area contributed by atoms with Gasteiger partial charge in [0.05, 0.1) is 15.6 Å². The van der Waals surface area contributed by atoms with E-state index in [0.29, 0.717) is 28.5 Å². The molecule has 76 valence electrons. The molecule has 3 N–H and O–H groups in total. The van der Waals surface area contributed by atoms with Crippen LogP contribution in [0.4, 0.5) is 0 Å². The van der Waals surface area contributed by atoms with E-state index in [4.69, 9.17) is 28.9 Å². The molecule has 1 saturated carbocycles. The minimum Gasteiger partial charge on any atom is -0.385 e. The van der Waals surface area contributed by atoms with Crippen molar-refractivity contribution in [3.63, 3.8) is 0 Å². The van der Waals surface area contributed by atoms with Crippen molar-refractivity contribution in [2.45, 2.75) is 24.5 Å². The second-order valence-electron chi connectivity index (χ2n) is 3.80. The first-order chi connectivity index (χ1) is 6.53. The normalized spacial score (nSPS) is 31.3. The highest BCUT2D eigenvalue weighted by atomic mass is 35.5. The third kappa shape index (κ3) is 1.52. The number of hydrogen-bond donors (Lipinski definition) is 2. The minimum absolute atomic E-state index is 0.0649. The van der Waals surface area contributed by atoms with Crippen LogP contribution in [-0.4, -0.2) is 11.1 Å². The third-order valence-corrected chi connectivity index (χ3v) is 3.47. The average Bonchev–Trinajstić information content (AvgIpc) is 2.07. The van der Waals surface area contributed by atoms with Crippen LogP contribution in [0.1, 0.15) is 18.4 Å². The molecule has 1 aliphatic carbocycles. The van der Waals surface area contributed by atoms with E-state index in [1.54, 1.807) is 18.2 Å². The van der Waals surface area contributed by atoms with Crippen LogP contribution in [0.5, 0.6) is 0 Å². The molecule has 0 unspecified atom stereocenters. The fraction of sp³-hybridized carbons (Fsp3) is 0.400. The Hall–Kier alpha value is -0.280. The molecule has 2 rings (SSSR count). The fourth-order valence-corrected chi connectivity index (χ4v) is 2.37. The highest BCUT2D eigenvalue weighted by Gasteiger charge is 2.43. The van der Waals surface area contributed by atoms with E-state index < -0.39 is 5.60 Å². The smallest absolute Gasteiger partial charge is 0.0940 e.